The summed E-state index contributed by atoms with van der Waals surface area (Å²) in [4.78, 5) is 40.5. The third kappa shape index (κ3) is 5.83. The summed E-state index contributed by atoms with van der Waals surface area (Å²) in [6.45, 7) is -3.47. The maximum absolute atomic E-state index is 12.8. The Hall–Kier alpha value is -4.00. The van der Waals surface area contributed by atoms with Crippen LogP contribution in [0.1, 0.15) is 16.8 Å². The molecule has 1 N–H and O–H groups in total. The molecule has 0 spiro atoms. The third-order valence-corrected chi connectivity index (χ3v) is 5.24. The van der Waals surface area contributed by atoms with E-state index in [0.717, 1.165) is 4.90 Å². The molecule has 0 aromatic heterocycles. The molecule has 172 valence electrons. The van der Waals surface area contributed by atoms with Crippen molar-refractivity contribution in [2.24, 2.45) is 5.92 Å². The highest BCUT2D eigenvalue weighted by Crippen LogP contribution is 2.26. The Bertz CT molecular complexity index is 1060. The molecule has 3 amide bonds. The van der Waals surface area contributed by atoms with Crippen LogP contribution in [0, 0.1) is 17.2 Å². The van der Waals surface area contributed by atoms with E-state index in [4.69, 9.17) is 0 Å². The summed E-state index contributed by atoms with van der Waals surface area (Å²) < 4.78 is 29.6. The van der Waals surface area contributed by atoms with Gasteiger partial charge in [0.2, 0.25) is 11.8 Å². The van der Waals surface area contributed by atoms with E-state index in [9.17, 15) is 28.4 Å². The fourth-order valence-corrected chi connectivity index (χ4v) is 3.60. The van der Waals surface area contributed by atoms with Crippen LogP contribution in [-0.4, -0.2) is 60.3 Å². The number of likely N-dealkylation sites (N-methyl/N-ethyl adjacent to an activating group) is 1. The van der Waals surface area contributed by atoms with Crippen molar-refractivity contribution in [1.82, 2.24) is 9.80 Å². The molecule has 1 saturated heterocycles. The topological polar surface area (TPSA) is 103 Å². The van der Waals surface area contributed by atoms with Gasteiger partial charge in [0.05, 0.1) is 24.1 Å². The van der Waals surface area contributed by atoms with Crippen LogP contribution < -0.4 is 10.1 Å². The molecule has 1 fully saturated rings. The summed E-state index contributed by atoms with van der Waals surface area (Å²) in [5.41, 5.74) is 0.488. The van der Waals surface area contributed by atoms with Gasteiger partial charge in [-0.05, 0) is 30.7 Å². The smallest absolute Gasteiger partial charge is 0.387 e. The van der Waals surface area contributed by atoms with Gasteiger partial charge in [-0.1, -0.05) is 30.3 Å². The minimum atomic E-state index is -3.11. The molecule has 33 heavy (non-hydrogen) atoms. The second-order valence-electron chi connectivity index (χ2n) is 7.51. The highest BCUT2D eigenvalue weighted by atomic mass is 19.3. The molecule has 2 unspecified atom stereocenters. The van der Waals surface area contributed by atoms with Gasteiger partial charge in [0, 0.05) is 19.3 Å². The number of hydrogen-bond acceptors (Lipinski definition) is 5. The third-order valence-electron chi connectivity index (χ3n) is 5.24. The SMILES string of the molecule is CN(CC(=O)N1CC(C(=O)Nc2ccccc2)CC1C#N)C(=O)c1ccccc1OC(F)F. The van der Waals surface area contributed by atoms with Gasteiger partial charge in [-0.25, -0.2) is 0 Å². The summed E-state index contributed by atoms with van der Waals surface area (Å²) in [6, 6.07) is 15.5. The van der Waals surface area contributed by atoms with Crippen molar-refractivity contribution in [1.29, 1.82) is 5.26 Å². The van der Waals surface area contributed by atoms with Crippen LogP contribution >= 0.6 is 0 Å². The van der Waals surface area contributed by atoms with Gasteiger partial charge >= 0.3 is 6.61 Å². The van der Waals surface area contributed by atoms with Crippen molar-refractivity contribution in [3.05, 3.63) is 60.2 Å². The number of para-hydroxylation sites is 2. The van der Waals surface area contributed by atoms with E-state index in [-0.39, 0.29) is 30.2 Å². The van der Waals surface area contributed by atoms with Gasteiger partial charge < -0.3 is 19.9 Å². The minimum absolute atomic E-state index is 0.0306. The number of halogens is 2. The lowest BCUT2D eigenvalue weighted by atomic mass is 10.1. The van der Waals surface area contributed by atoms with Crippen LogP contribution in [0.3, 0.4) is 0 Å². The molecule has 0 bridgehead atoms. The predicted molar refractivity (Wildman–Crippen MR) is 114 cm³/mol. The molecule has 2 atom stereocenters. The average molecular weight is 456 g/mol. The predicted octanol–water partition coefficient (Wildman–Crippen LogP) is 2.74. The number of rotatable bonds is 7. The van der Waals surface area contributed by atoms with Crippen LogP contribution in [0.2, 0.25) is 0 Å². The number of hydrogen-bond donors (Lipinski definition) is 1. The van der Waals surface area contributed by atoms with Crippen molar-refractivity contribution in [3.8, 4) is 11.8 Å². The number of carbonyl (C=O) groups excluding carboxylic acids is 3. The Morgan fingerprint density at radius 3 is 2.52 bits per heavy atom. The fourth-order valence-electron chi connectivity index (χ4n) is 3.60. The lowest BCUT2D eigenvalue weighted by molar-refractivity contribution is -0.131. The monoisotopic (exact) mass is 456 g/mol. The van der Waals surface area contributed by atoms with Gasteiger partial charge in [-0.3, -0.25) is 14.4 Å². The van der Waals surface area contributed by atoms with Crippen molar-refractivity contribution < 1.29 is 27.9 Å². The van der Waals surface area contributed by atoms with E-state index in [1.807, 2.05) is 12.1 Å². The highest BCUT2D eigenvalue weighted by molar-refractivity contribution is 5.99. The molecule has 2 aromatic carbocycles. The number of alkyl halides is 2. The Labute approximate surface area is 189 Å². The lowest BCUT2D eigenvalue weighted by Gasteiger charge is -2.24. The van der Waals surface area contributed by atoms with E-state index < -0.39 is 36.9 Å². The molecule has 2 aromatic rings. The van der Waals surface area contributed by atoms with Crippen molar-refractivity contribution >= 4 is 23.4 Å². The standard InChI is InChI=1S/C23H22F2N4O4/c1-28(22(32)18-9-5-6-10-19(18)33-23(24)25)14-20(30)29-13-15(11-17(29)12-26)21(31)27-16-7-3-2-4-8-16/h2-10,15,17,23H,11,13-14H2,1H3,(H,27,31). The van der Waals surface area contributed by atoms with Gasteiger partial charge in [0.15, 0.2) is 0 Å². The fraction of sp³-hybridized carbons (Fsp3) is 0.304. The Balaban J connectivity index is 1.65. The number of benzene rings is 2. The second kappa shape index (κ2) is 10.5. The van der Waals surface area contributed by atoms with Crippen molar-refractivity contribution in [3.63, 3.8) is 0 Å². The first-order valence-corrected chi connectivity index (χ1v) is 10.1. The number of nitriles is 1. The Morgan fingerprint density at radius 1 is 1.18 bits per heavy atom. The molecular formula is C23H22F2N4O4. The Morgan fingerprint density at radius 2 is 1.85 bits per heavy atom. The van der Waals surface area contributed by atoms with Crippen molar-refractivity contribution in [2.75, 3.05) is 25.5 Å². The van der Waals surface area contributed by atoms with Gasteiger partial charge in [0.1, 0.15) is 11.8 Å². The number of nitrogens with zero attached hydrogens (tertiary/aromatic N) is 3. The molecular weight excluding hydrogens is 434 g/mol. The molecule has 0 aliphatic carbocycles. The molecule has 1 aliphatic rings. The molecule has 3 rings (SSSR count). The number of carbonyl (C=O) groups is 3. The number of ether oxygens (including phenoxy) is 1. The minimum Gasteiger partial charge on any atom is -0.434 e. The Kier molecular flexibility index (Phi) is 7.56. The van der Waals surface area contributed by atoms with E-state index in [2.05, 4.69) is 10.1 Å². The number of nitrogens with one attached hydrogen (secondary N) is 1. The summed E-state index contributed by atoms with van der Waals surface area (Å²) in [6.07, 6.45) is 0.170. The largest absolute Gasteiger partial charge is 0.434 e. The molecule has 1 heterocycles. The summed E-state index contributed by atoms with van der Waals surface area (Å²) >= 11 is 0. The van der Waals surface area contributed by atoms with Gasteiger partial charge in [-0.2, -0.15) is 14.0 Å². The number of amides is 3. The summed E-state index contributed by atoms with van der Waals surface area (Å²) in [7, 11) is 1.34. The summed E-state index contributed by atoms with van der Waals surface area (Å²) in [5.74, 6) is -2.41. The first kappa shape index (κ1) is 23.7. The van der Waals surface area contributed by atoms with Gasteiger partial charge in [-0.15, -0.1) is 0 Å². The van der Waals surface area contributed by atoms with E-state index in [1.54, 1.807) is 24.3 Å². The normalized spacial score (nSPS) is 17.4. The van der Waals surface area contributed by atoms with E-state index in [1.165, 1.54) is 36.2 Å². The zero-order chi connectivity index (χ0) is 24.0. The second-order valence-corrected chi connectivity index (χ2v) is 7.51. The quantitative estimate of drug-likeness (QED) is 0.690. The summed E-state index contributed by atoms with van der Waals surface area (Å²) in [5, 5.41) is 12.2. The first-order chi connectivity index (χ1) is 15.8. The average Bonchev–Trinajstić information content (AvgIpc) is 3.24. The van der Waals surface area contributed by atoms with Crippen LogP contribution in [0.15, 0.2) is 54.6 Å². The lowest BCUT2D eigenvalue weighted by Crippen LogP contribution is -2.43. The molecule has 0 radical (unpaired) electrons. The molecule has 10 heteroatoms. The van der Waals surface area contributed by atoms with Crippen LogP contribution in [0.25, 0.3) is 0 Å². The maximum atomic E-state index is 12.8. The van der Waals surface area contributed by atoms with E-state index in [0.29, 0.717) is 5.69 Å². The number of likely N-dealkylation sites (tertiary alicyclic amines) is 1. The zero-order valence-corrected chi connectivity index (χ0v) is 17.8. The van der Waals surface area contributed by atoms with Crippen LogP contribution in [-0.2, 0) is 9.59 Å². The molecule has 8 nitrogen and oxygen atoms in total. The number of anilines is 1. The van der Waals surface area contributed by atoms with Crippen LogP contribution in [0.4, 0.5) is 14.5 Å². The first-order valence-electron chi connectivity index (χ1n) is 10.1. The molecule has 0 saturated carbocycles. The maximum Gasteiger partial charge on any atom is 0.387 e. The van der Waals surface area contributed by atoms with Crippen molar-refractivity contribution in [2.45, 2.75) is 19.1 Å². The van der Waals surface area contributed by atoms with E-state index >= 15 is 0 Å². The highest BCUT2D eigenvalue weighted by Gasteiger charge is 2.39. The van der Waals surface area contributed by atoms with Gasteiger partial charge in [0.25, 0.3) is 5.91 Å². The zero-order valence-electron chi connectivity index (χ0n) is 17.8. The van der Waals surface area contributed by atoms with Crippen LogP contribution in [0.5, 0.6) is 5.75 Å². The molecule has 1 aliphatic heterocycles.